The van der Waals surface area contributed by atoms with Crippen molar-refractivity contribution < 1.29 is 14.3 Å². The third-order valence-electron chi connectivity index (χ3n) is 6.94. The van der Waals surface area contributed by atoms with E-state index in [1.54, 1.807) is 6.33 Å². The highest BCUT2D eigenvalue weighted by atomic mass is 35.5. The van der Waals surface area contributed by atoms with Crippen LogP contribution in [0.4, 0.5) is 0 Å². The third-order valence-corrected chi connectivity index (χ3v) is 7.22. The van der Waals surface area contributed by atoms with Crippen molar-refractivity contribution in [3.8, 4) is 11.5 Å². The van der Waals surface area contributed by atoms with Crippen molar-refractivity contribution in [3.05, 3.63) is 52.8 Å². The lowest BCUT2D eigenvalue weighted by molar-refractivity contribution is -0.139. The highest BCUT2D eigenvalue weighted by Gasteiger charge is 2.33. The fourth-order valence-electron chi connectivity index (χ4n) is 5.31. The lowest BCUT2D eigenvalue weighted by Gasteiger charge is -2.38. The Bertz CT molecular complexity index is 1210. The topological polar surface area (TPSA) is 70.7 Å². The number of carbonyl (C=O) groups is 1. The van der Waals surface area contributed by atoms with E-state index < -0.39 is 0 Å². The number of fused-ring (bicyclic) bond motifs is 2. The van der Waals surface area contributed by atoms with Crippen molar-refractivity contribution in [2.75, 3.05) is 26.3 Å². The summed E-state index contributed by atoms with van der Waals surface area (Å²) in [4.78, 5) is 26.1. The lowest BCUT2D eigenvalue weighted by Crippen LogP contribution is -2.51. The summed E-state index contributed by atoms with van der Waals surface area (Å²) < 4.78 is 11.7. The van der Waals surface area contributed by atoms with Crippen LogP contribution in [0.3, 0.4) is 0 Å². The summed E-state index contributed by atoms with van der Waals surface area (Å²) in [7, 11) is 0. The molecular weight excluding hydrogens is 476 g/mol. The zero-order chi connectivity index (χ0) is 25.1. The number of aromatic nitrogens is 2. The molecule has 192 valence electrons. The number of aromatic amines is 1. The van der Waals surface area contributed by atoms with E-state index in [1.807, 2.05) is 23.1 Å². The first-order valence-electron chi connectivity index (χ1n) is 13.0. The van der Waals surface area contributed by atoms with Gasteiger partial charge in [0.25, 0.3) is 0 Å². The summed E-state index contributed by atoms with van der Waals surface area (Å²) >= 11 is 6.56. The summed E-state index contributed by atoms with van der Waals surface area (Å²) in [6.45, 7) is 8.29. The summed E-state index contributed by atoms with van der Waals surface area (Å²) in [6, 6.07) is 9.94. The maximum Gasteiger partial charge on any atom is 0.240 e. The molecule has 0 bridgehead atoms. The molecule has 0 aliphatic carbocycles. The van der Waals surface area contributed by atoms with Gasteiger partial charge in [-0.05, 0) is 54.6 Å². The molecule has 1 amide bonds. The summed E-state index contributed by atoms with van der Waals surface area (Å²) in [6.07, 6.45) is 5.58. The lowest BCUT2D eigenvalue weighted by atomic mass is 9.98. The molecule has 0 spiro atoms. The van der Waals surface area contributed by atoms with E-state index in [1.165, 1.54) is 0 Å². The molecular formula is C28H35ClN4O3. The van der Waals surface area contributed by atoms with Crippen molar-refractivity contribution in [1.29, 1.82) is 0 Å². The van der Waals surface area contributed by atoms with Gasteiger partial charge in [-0.2, -0.15) is 0 Å². The fraction of sp³-hybridized carbons (Fsp3) is 0.500. The second kappa shape index (κ2) is 11.1. The van der Waals surface area contributed by atoms with Crippen LogP contribution in [-0.4, -0.2) is 58.0 Å². The Morgan fingerprint density at radius 3 is 2.94 bits per heavy atom. The minimum absolute atomic E-state index is 0.150. The molecule has 2 aromatic carbocycles. The number of carbonyl (C=O) groups excluding carboxylic acids is 1. The number of amides is 1. The van der Waals surface area contributed by atoms with Crippen molar-refractivity contribution >= 4 is 28.5 Å². The van der Waals surface area contributed by atoms with Crippen LogP contribution in [0.2, 0.25) is 5.02 Å². The number of rotatable bonds is 7. The molecule has 8 heteroatoms. The molecule has 1 N–H and O–H groups in total. The number of hydrogen-bond donors (Lipinski definition) is 1. The Balaban J connectivity index is 1.38. The van der Waals surface area contributed by atoms with Crippen molar-refractivity contribution in [2.24, 2.45) is 5.92 Å². The van der Waals surface area contributed by atoms with Gasteiger partial charge in [-0.25, -0.2) is 4.98 Å². The van der Waals surface area contributed by atoms with Crippen LogP contribution in [0.15, 0.2) is 36.7 Å². The first-order chi connectivity index (χ1) is 17.5. The van der Waals surface area contributed by atoms with Crippen LogP contribution in [0, 0.1) is 5.92 Å². The number of nitrogens with zero attached hydrogens (tertiary/aromatic N) is 3. The Hall–Kier alpha value is -2.77. The van der Waals surface area contributed by atoms with Gasteiger partial charge in [-0.1, -0.05) is 44.0 Å². The summed E-state index contributed by atoms with van der Waals surface area (Å²) in [5, 5.41) is 0.535. The number of H-pyrrole nitrogens is 1. The van der Waals surface area contributed by atoms with E-state index in [-0.39, 0.29) is 11.9 Å². The number of benzene rings is 2. The number of para-hydroxylation sites is 1. The minimum atomic E-state index is -0.150. The van der Waals surface area contributed by atoms with Gasteiger partial charge in [0.05, 0.1) is 41.6 Å². The van der Waals surface area contributed by atoms with Crippen LogP contribution >= 0.6 is 11.6 Å². The van der Waals surface area contributed by atoms with Gasteiger partial charge in [-0.3, -0.25) is 9.69 Å². The molecule has 0 radical (unpaired) electrons. The zero-order valence-electron chi connectivity index (χ0n) is 21.1. The highest BCUT2D eigenvalue weighted by molar-refractivity contribution is 6.32. The average Bonchev–Trinajstić information content (AvgIpc) is 3.22. The maximum absolute atomic E-state index is 14.1. The van der Waals surface area contributed by atoms with Crippen molar-refractivity contribution in [1.82, 2.24) is 19.8 Å². The Morgan fingerprint density at radius 2 is 2.08 bits per heavy atom. The standard InChI is InChI=1S/C28H35ClN4O3/c1-19(2)15-33(16-20-13-22(29)27-25(14-20)35-11-6-12-36-27)28(34)24-9-3-4-10-32(24)17-21-7-5-8-23-26(21)31-18-30-23/h5,7-8,13-14,18-19,24H,3-4,6,9-12,15-17H2,1-2H3,(H,30,31)/t24-/m1/s1. The van der Waals surface area contributed by atoms with Gasteiger partial charge < -0.3 is 19.4 Å². The molecule has 0 saturated carbocycles. The SMILES string of the molecule is CC(C)CN(Cc1cc(Cl)c2c(c1)OCCCO2)C(=O)[C@H]1CCCCN1Cc1cccc2[nH]cnc12. The number of likely N-dealkylation sites (tertiary alicyclic amines) is 1. The molecule has 5 rings (SSSR count). The molecule has 0 unspecified atom stereocenters. The van der Waals surface area contributed by atoms with Crippen LogP contribution in [-0.2, 0) is 17.9 Å². The Morgan fingerprint density at radius 1 is 1.22 bits per heavy atom. The number of imidazole rings is 1. The van der Waals surface area contributed by atoms with Gasteiger partial charge in [0, 0.05) is 26.1 Å². The van der Waals surface area contributed by atoms with Gasteiger partial charge in [0.2, 0.25) is 5.91 Å². The molecule has 1 atom stereocenters. The first-order valence-corrected chi connectivity index (χ1v) is 13.4. The maximum atomic E-state index is 14.1. The second-order valence-corrected chi connectivity index (χ2v) is 10.7. The average molecular weight is 511 g/mol. The van der Waals surface area contributed by atoms with E-state index in [4.69, 9.17) is 21.1 Å². The van der Waals surface area contributed by atoms with Gasteiger partial charge in [0.15, 0.2) is 11.5 Å². The number of ether oxygens (including phenoxy) is 2. The smallest absolute Gasteiger partial charge is 0.240 e. The quantitative estimate of drug-likeness (QED) is 0.459. The van der Waals surface area contributed by atoms with Gasteiger partial charge >= 0.3 is 0 Å². The number of hydrogen-bond acceptors (Lipinski definition) is 5. The second-order valence-electron chi connectivity index (χ2n) is 10.3. The monoisotopic (exact) mass is 510 g/mol. The van der Waals surface area contributed by atoms with Gasteiger partial charge in [-0.15, -0.1) is 0 Å². The van der Waals surface area contributed by atoms with Crippen molar-refractivity contribution in [3.63, 3.8) is 0 Å². The molecule has 1 aromatic heterocycles. The number of piperidine rings is 1. The first kappa shape index (κ1) is 24.9. The summed E-state index contributed by atoms with van der Waals surface area (Å²) in [5.74, 6) is 1.80. The van der Waals surface area contributed by atoms with E-state index >= 15 is 0 Å². The fourth-order valence-corrected chi connectivity index (χ4v) is 5.60. The predicted molar refractivity (Wildman–Crippen MR) is 141 cm³/mol. The van der Waals surface area contributed by atoms with E-state index in [2.05, 4.69) is 40.8 Å². The Labute approximate surface area is 217 Å². The van der Waals surface area contributed by atoms with E-state index in [0.29, 0.717) is 55.3 Å². The Kier molecular flexibility index (Phi) is 7.67. The molecule has 3 aromatic rings. The van der Waals surface area contributed by atoms with Crippen molar-refractivity contribution in [2.45, 2.75) is 58.7 Å². The van der Waals surface area contributed by atoms with E-state index in [9.17, 15) is 4.79 Å². The van der Waals surface area contributed by atoms with Crippen LogP contribution < -0.4 is 9.47 Å². The summed E-state index contributed by atoms with van der Waals surface area (Å²) in [5.41, 5.74) is 4.12. The number of halogens is 1. The van der Waals surface area contributed by atoms with Crippen LogP contribution in [0.25, 0.3) is 11.0 Å². The highest BCUT2D eigenvalue weighted by Crippen LogP contribution is 2.38. The van der Waals surface area contributed by atoms with Crippen LogP contribution in [0.1, 0.15) is 50.7 Å². The van der Waals surface area contributed by atoms with Gasteiger partial charge in [0.1, 0.15) is 0 Å². The van der Waals surface area contributed by atoms with Crippen LogP contribution in [0.5, 0.6) is 11.5 Å². The minimum Gasteiger partial charge on any atom is -0.489 e. The molecule has 7 nitrogen and oxygen atoms in total. The van der Waals surface area contributed by atoms with E-state index in [0.717, 1.165) is 54.4 Å². The third kappa shape index (κ3) is 5.47. The number of nitrogens with one attached hydrogen (secondary N) is 1. The molecule has 2 aliphatic rings. The normalized spacial score (nSPS) is 18.4. The molecule has 36 heavy (non-hydrogen) atoms. The molecule has 1 fully saturated rings. The molecule has 3 heterocycles. The molecule has 1 saturated heterocycles. The molecule has 2 aliphatic heterocycles. The largest absolute Gasteiger partial charge is 0.489 e. The predicted octanol–water partition coefficient (Wildman–Crippen LogP) is 5.42. The zero-order valence-corrected chi connectivity index (χ0v) is 21.9.